The van der Waals surface area contributed by atoms with Crippen LogP contribution in [-0.2, 0) is 27.4 Å². The van der Waals surface area contributed by atoms with E-state index in [0.717, 1.165) is 43.5 Å². The van der Waals surface area contributed by atoms with Gasteiger partial charge < -0.3 is 9.84 Å². The summed E-state index contributed by atoms with van der Waals surface area (Å²) in [6, 6.07) is 11.8. The first kappa shape index (κ1) is 25.1. The molecule has 34 heavy (non-hydrogen) atoms. The van der Waals surface area contributed by atoms with Crippen LogP contribution in [0.1, 0.15) is 35.6 Å². The predicted octanol–water partition coefficient (Wildman–Crippen LogP) is 3.47. The SMILES string of the molecule is O=S(=O)(c1ccc(C(F)(F)F)cc1)N1CCN(C[C@@H](O)CO[C@@H]2CCCc3ccccc32)CC1. The summed E-state index contributed by atoms with van der Waals surface area (Å²) < 4.78 is 71.2. The molecule has 2 atom stereocenters. The normalized spacial score (nSPS) is 21.2. The van der Waals surface area contributed by atoms with E-state index in [2.05, 4.69) is 12.1 Å². The molecule has 0 saturated carbocycles. The van der Waals surface area contributed by atoms with E-state index in [0.29, 0.717) is 19.6 Å². The van der Waals surface area contributed by atoms with Crippen LogP contribution in [0, 0.1) is 0 Å². The summed E-state index contributed by atoms with van der Waals surface area (Å²) in [5.41, 5.74) is 1.59. The van der Waals surface area contributed by atoms with Crippen molar-refractivity contribution in [2.24, 2.45) is 0 Å². The number of alkyl halides is 3. The van der Waals surface area contributed by atoms with Gasteiger partial charge in [-0.15, -0.1) is 0 Å². The van der Waals surface area contributed by atoms with Gasteiger partial charge in [0.2, 0.25) is 10.0 Å². The minimum atomic E-state index is -4.52. The van der Waals surface area contributed by atoms with Crippen LogP contribution in [0.15, 0.2) is 53.4 Å². The number of aryl methyl sites for hydroxylation is 1. The van der Waals surface area contributed by atoms with E-state index < -0.39 is 27.9 Å². The average molecular weight is 499 g/mol. The molecule has 6 nitrogen and oxygen atoms in total. The van der Waals surface area contributed by atoms with Gasteiger partial charge in [-0.2, -0.15) is 17.5 Å². The molecule has 2 aromatic carbocycles. The Morgan fingerprint density at radius 1 is 1.03 bits per heavy atom. The lowest BCUT2D eigenvalue weighted by Crippen LogP contribution is -2.50. The van der Waals surface area contributed by atoms with Gasteiger partial charge in [-0.3, -0.25) is 4.90 Å². The predicted molar refractivity (Wildman–Crippen MR) is 121 cm³/mol. The molecule has 186 valence electrons. The molecule has 1 saturated heterocycles. The Kier molecular flexibility index (Phi) is 7.63. The minimum Gasteiger partial charge on any atom is -0.389 e. The Hall–Kier alpha value is -1.98. The van der Waals surface area contributed by atoms with Crippen LogP contribution in [0.25, 0.3) is 0 Å². The van der Waals surface area contributed by atoms with E-state index in [-0.39, 0.29) is 30.7 Å². The van der Waals surface area contributed by atoms with Gasteiger partial charge in [0.1, 0.15) is 0 Å². The molecule has 4 rings (SSSR count). The van der Waals surface area contributed by atoms with Crippen LogP contribution in [0.4, 0.5) is 13.2 Å². The fourth-order valence-corrected chi connectivity index (χ4v) is 6.00. The summed E-state index contributed by atoms with van der Waals surface area (Å²) in [6.45, 7) is 1.80. The molecule has 0 amide bonds. The summed E-state index contributed by atoms with van der Waals surface area (Å²) in [4.78, 5) is 1.82. The van der Waals surface area contributed by atoms with Crippen molar-refractivity contribution in [3.8, 4) is 0 Å². The summed E-state index contributed by atoms with van der Waals surface area (Å²) in [5, 5.41) is 10.5. The highest BCUT2D eigenvalue weighted by atomic mass is 32.2. The number of nitrogens with zero attached hydrogens (tertiary/aromatic N) is 2. The maximum atomic E-state index is 12.8. The van der Waals surface area contributed by atoms with Crippen LogP contribution in [0.2, 0.25) is 0 Å². The number of sulfonamides is 1. The third kappa shape index (κ3) is 5.80. The van der Waals surface area contributed by atoms with Crippen molar-refractivity contribution in [3.63, 3.8) is 0 Å². The van der Waals surface area contributed by atoms with Crippen LogP contribution < -0.4 is 0 Å². The molecule has 2 aromatic rings. The van der Waals surface area contributed by atoms with Crippen LogP contribution >= 0.6 is 0 Å². The fourth-order valence-electron chi connectivity index (χ4n) is 4.58. The van der Waals surface area contributed by atoms with Crippen LogP contribution in [-0.4, -0.2) is 68.2 Å². The molecule has 1 fully saturated rings. The van der Waals surface area contributed by atoms with Gasteiger partial charge in [0, 0.05) is 32.7 Å². The summed E-state index contributed by atoms with van der Waals surface area (Å²) >= 11 is 0. The fraction of sp³-hybridized carbons (Fsp3) is 0.500. The molecule has 0 bridgehead atoms. The van der Waals surface area contributed by atoms with Crippen molar-refractivity contribution in [1.82, 2.24) is 9.21 Å². The van der Waals surface area contributed by atoms with Gasteiger partial charge in [-0.25, -0.2) is 8.42 Å². The maximum Gasteiger partial charge on any atom is 0.416 e. The van der Waals surface area contributed by atoms with E-state index >= 15 is 0 Å². The number of rotatable bonds is 7. The third-order valence-corrected chi connectivity index (χ3v) is 8.34. The number of β-amino-alcohol motifs (C(OH)–C–C–N with tert-alkyl or cyclic N) is 1. The Bertz CT molecular complexity index is 1070. The second kappa shape index (κ2) is 10.3. The van der Waals surface area contributed by atoms with Crippen molar-refractivity contribution in [2.45, 2.75) is 42.5 Å². The standard InChI is InChI=1S/C24H29F3N2O4S/c25-24(26,27)19-8-10-21(11-9-19)34(31,32)29-14-12-28(13-15-29)16-20(30)17-33-23-7-3-5-18-4-1-2-6-22(18)23/h1-2,4,6,8-11,20,23,30H,3,5,7,12-17H2/t20-,23-/m1/s1. The largest absolute Gasteiger partial charge is 0.416 e. The topological polar surface area (TPSA) is 70.1 Å². The molecule has 0 aromatic heterocycles. The van der Waals surface area contributed by atoms with E-state index in [1.54, 1.807) is 0 Å². The van der Waals surface area contributed by atoms with Crippen molar-refractivity contribution in [1.29, 1.82) is 0 Å². The molecule has 0 radical (unpaired) electrons. The average Bonchev–Trinajstić information content (AvgIpc) is 2.82. The lowest BCUT2D eigenvalue weighted by atomic mass is 9.89. The van der Waals surface area contributed by atoms with E-state index in [4.69, 9.17) is 4.74 Å². The zero-order valence-electron chi connectivity index (χ0n) is 18.7. The molecular weight excluding hydrogens is 469 g/mol. The van der Waals surface area contributed by atoms with Gasteiger partial charge in [-0.05, 0) is 54.7 Å². The van der Waals surface area contributed by atoms with E-state index in [1.807, 2.05) is 17.0 Å². The number of ether oxygens (including phenoxy) is 1. The number of hydrogen-bond acceptors (Lipinski definition) is 5. The smallest absolute Gasteiger partial charge is 0.389 e. The summed E-state index contributed by atoms with van der Waals surface area (Å²) in [7, 11) is -3.88. The zero-order valence-corrected chi connectivity index (χ0v) is 19.6. The van der Waals surface area contributed by atoms with Crippen molar-refractivity contribution in [2.75, 3.05) is 39.3 Å². The van der Waals surface area contributed by atoms with Gasteiger partial charge in [-0.1, -0.05) is 24.3 Å². The van der Waals surface area contributed by atoms with Gasteiger partial charge in [0.15, 0.2) is 0 Å². The van der Waals surface area contributed by atoms with Crippen molar-refractivity contribution >= 4 is 10.0 Å². The van der Waals surface area contributed by atoms with Crippen molar-refractivity contribution < 1.29 is 31.4 Å². The maximum absolute atomic E-state index is 12.8. The number of hydrogen-bond donors (Lipinski definition) is 1. The number of fused-ring (bicyclic) bond motifs is 1. The number of halogens is 3. The molecule has 0 unspecified atom stereocenters. The second-order valence-corrected chi connectivity index (χ2v) is 10.7. The Balaban J connectivity index is 1.26. The van der Waals surface area contributed by atoms with Gasteiger partial charge >= 0.3 is 6.18 Å². The molecule has 1 aliphatic carbocycles. The number of benzene rings is 2. The first-order chi connectivity index (χ1) is 16.1. The molecule has 1 heterocycles. The number of aliphatic hydroxyl groups is 1. The minimum absolute atomic E-state index is 0.0228. The zero-order chi connectivity index (χ0) is 24.3. The Morgan fingerprint density at radius 3 is 2.38 bits per heavy atom. The second-order valence-electron chi connectivity index (χ2n) is 8.79. The molecular formula is C24H29F3N2O4S. The first-order valence-electron chi connectivity index (χ1n) is 11.4. The van der Waals surface area contributed by atoms with Gasteiger partial charge in [0.05, 0.1) is 29.3 Å². The highest BCUT2D eigenvalue weighted by molar-refractivity contribution is 7.89. The summed E-state index contributed by atoms with van der Waals surface area (Å²) in [5.74, 6) is 0. The quantitative estimate of drug-likeness (QED) is 0.633. The third-order valence-electron chi connectivity index (χ3n) is 6.42. The number of aliphatic hydroxyl groups excluding tert-OH is 1. The van der Waals surface area contributed by atoms with Crippen LogP contribution in [0.3, 0.4) is 0 Å². The lowest BCUT2D eigenvalue weighted by molar-refractivity contribution is -0.137. The first-order valence-corrected chi connectivity index (χ1v) is 12.9. The summed E-state index contributed by atoms with van der Waals surface area (Å²) in [6.07, 6.45) is -2.23. The molecule has 0 spiro atoms. The molecule has 1 aliphatic heterocycles. The van der Waals surface area contributed by atoms with Crippen LogP contribution in [0.5, 0.6) is 0 Å². The monoisotopic (exact) mass is 498 g/mol. The van der Waals surface area contributed by atoms with Gasteiger partial charge in [0.25, 0.3) is 0 Å². The molecule has 1 N–H and O–H groups in total. The van der Waals surface area contributed by atoms with E-state index in [9.17, 15) is 26.7 Å². The Morgan fingerprint density at radius 2 is 1.71 bits per heavy atom. The Labute approximate surface area is 198 Å². The van der Waals surface area contributed by atoms with Crippen molar-refractivity contribution in [3.05, 3.63) is 65.2 Å². The molecule has 2 aliphatic rings. The molecule has 10 heteroatoms. The van der Waals surface area contributed by atoms with E-state index in [1.165, 1.54) is 15.4 Å². The lowest BCUT2D eigenvalue weighted by Gasteiger charge is -2.35. The highest BCUT2D eigenvalue weighted by Gasteiger charge is 2.33. The number of piperazine rings is 1. The highest BCUT2D eigenvalue weighted by Crippen LogP contribution is 2.32.